The maximum atomic E-state index is 13.1. The fourth-order valence-electron chi connectivity index (χ4n) is 4.69. The molecule has 3 aliphatic rings. The number of nitrogens with zero attached hydrogens (tertiary/aromatic N) is 3. The first-order valence-corrected chi connectivity index (χ1v) is 13.6. The molecular formula is C22H31N3O4S2. The second-order valence-electron chi connectivity index (χ2n) is 8.66. The SMILES string of the molecule is CN(C(=O)CN1C(=O)CSc2ccc(S(=O)(=O)N3CCCCC3)cc21)C1CCCCC1. The maximum absolute atomic E-state index is 13.1. The van der Waals surface area contributed by atoms with Gasteiger partial charge >= 0.3 is 0 Å². The Labute approximate surface area is 189 Å². The summed E-state index contributed by atoms with van der Waals surface area (Å²) in [6, 6.07) is 5.20. The molecule has 1 aliphatic carbocycles. The first-order chi connectivity index (χ1) is 14.9. The van der Waals surface area contributed by atoms with Gasteiger partial charge in [0.25, 0.3) is 0 Å². The molecule has 2 amide bonds. The van der Waals surface area contributed by atoms with Gasteiger partial charge in [-0.25, -0.2) is 8.42 Å². The molecule has 0 unspecified atom stereocenters. The van der Waals surface area contributed by atoms with E-state index >= 15 is 0 Å². The van der Waals surface area contributed by atoms with Crippen LogP contribution < -0.4 is 4.90 Å². The number of benzene rings is 1. The lowest BCUT2D eigenvalue weighted by Crippen LogP contribution is -2.47. The van der Waals surface area contributed by atoms with E-state index in [1.165, 1.54) is 27.4 Å². The van der Waals surface area contributed by atoms with Crippen molar-refractivity contribution in [2.75, 3.05) is 37.3 Å². The van der Waals surface area contributed by atoms with Crippen LogP contribution in [0.5, 0.6) is 0 Å². The van der Waals surface area contributed by atoms with Gasteiger partial charge in [0.1, 0.15) is 6.54 Å². The van der Waals surface area contributed by atoms with Crippen LogP contribution in [0.3, 0.4) is 0 Å². The number of likely N-dealkylation sites (N-methyl/N-ethyl adjacent to an activating group) is 1. The average molecular weight is 466 g/mol. The second kappa shape index (κ2) is 9.50. The summed E-state index contributed by atoms with van der Waals surface area (Å²) in [6.07, 6.45) is 8.25. The largest absolute Gasteiger partial charge is 0.341 e. The molecule has 0 aromatic heterocycles. The predicted molar refractivity (Wildman–Crippen MR) is 122 cm³/mol. The van der Waals surface area contributed by atoms with Gasteiger partial charge in [0, 0.05) is 31.1 Å². The summed E-state index contributed by atoms with van der Waals surface area (Å²) in [6.45, 7) is 1.01. The van der Waals surface area contributed by atoms with Gasteiger partial charge in [0.05, 0.1) is 16.3 Å². The number of hydrogen-bond donors (Lipinski definition) is 0. The zero-order chi connectivity index (χ0) is 22.0. The minimum absolute atomic E-state index is 0.0490. The van der Waals surface area contributed by atoms with E-state index in [9.17, 15) is 18.0 Å². The third-order valence-corrected chi connectivity index (χ3v) is 9.58. The predicted octanol–water partition coefficient (Wildman–Crippen LogP) is 3.09. The van der Waals surface area contributed by atoms with Gasteiger partial charge in [0.2, 0.25) is 21.8 Å². The van der Waals surface area contributed by atoms with Crippen LogP contribution >= 0.6 is 11.8 Å². The molecule has 7 nitrogen and oxygen atoms in total. The summed E-state index contributed by atoms with van der Waals surface area (Å²) in [4.78, 5) is 30.0. The Bertz CT molecular complexity index is 938. The molecule has 0 atom stereocenters. The van der Waals surface area contributed by atoms with Crippen LogP contribution in [-0.4, -0.2) is 67.9 Å². The lowest BCUT2D eigenvalue weighted by Gasteiger charge is -2.34. The number of thioether (sulfide) groups is 1. The number of amides is 2. The molecule has 1 saturated heterocycles. The Morgan fingerprint density at radius 3 is 2.48 bits per heavy atom. The summed E-state index contributed by atoms with van der Waals surface area (Å²) in [7, 11) is -1.79. The van der Waals surface area contributed by atoms with Crippen molar-refractivity contribution in [3.63, 3.8) is 0 Å². The van der Waals surface area contributed by atoms with Crippen LogP contribution in [0.4, 0.5) is 5.69 Å². The van der Waals surface area contributed by atoms with E-state index in [1.807, 2.05) is 7.05 Å². The number of hydrogen-bond acceptors (Lipinski definition) is 5. The fraction of sp³-hybridized carbons (Fsp3) is 0.636. The highest BCUT2D eigenvalue weighted by Crippen LogP contribution is 2.38. The van der Waals surface area contributed by atoms with Gasteiger partial charge in [-0.1, -0.05) is 25.7 Å². The topological polar surface area (TPSA) is 78.0 Å². The summed E-state index contributed by atoms with van der Waals surface area (Å²) in [5.74, 6) is 0.00357. The molecule has 0 N–H and O–H groups in total. The third-order valence-electron chi connectivity index (χ3n) is 6.64. The van der Waals surface area contributed by atoms with Crippen LogP contribution in [0.2, 0.25) is 0 Å². The second-order valence-corrected chi connectivity index (χ2v) is 11.6. The van der Waals surface area contributed by atoms with Crippen molar-refractivity contribution in [2.45, 2.75) is 67.2 Å². The molecule has 170 valence electrons. The van der Waals surface area contributed by atoms with Crippen molar-refractivity contribution >= 4 is 39.3 Å². The quantitative estimate of drug-likeness (QED) is 0.668. The minimum Gasteiger partial charge on any atom is -0.341 e. The molecule has 4 rings (SSSR count). The van der Waals surface area contributed by atoms with Gasteiger partial charge in [-0.05, 0) is 43.9 Å². The van der Waals surface area contributed by atoms with Crippen LogP contribution in [0.15, 0.2) is 28.0 Å². The Kier molecular flexibility index (Phi) is 6.93. The van der Waals surface area contributed by atoms with Crippen molar-refractivity contribution in [1.29, 1.82) is 0 Å². The molecular weight excluding hydrogens is 434 g/mol. The normalized spacial score (nSPS) is 21.1. The molecule has 2 aliphatic heterocycles. The Hall–Kier alpha value is -1.58. The Balaban J connectivity index is 1.57. The molecule has 2 fully saturated rings. The van der Waals surface area contributed by atoms with Gasteiger partial charge in [0.15, 0.2) is 0 Å². The smallest absolute Gasteiger partial charge is 0.243 e. The number of piperidine rings is 1. The first-order valence-electron chi connectivity index (χ1n) is 11.2. The number of carbonyl (C=O) groups is 2. The summed E-state index contributed by atoms with van der Waals surface area (Å²) < 4.78 is 27.8. The van der Waals surface area contributed by atoms with E-state index < -0.39 is 10.0 Å². The highest BCUT2D eigenvalue weighted by molar-refractivity contribution is 8.00. The molecule has 1 aromatic rings. The molecule has 0 bridgehead atoms. The number of sulfonamides is 1. The molecule has 0 radical (unpaired) electrons. The summed E-state index contributed by atoms with van der Waals surface area (Å²) in [5.41, 5.74) is 0.532. The van der Waals surface area contributed by atoms with E-state index in [0.29, 0.717) is 18.8 Å². The highest BCUT2D eigenvalue weighted by atomic mass is 32.2. The molecule has 2 heterocycles. The zero-order valence-corrected chi connectivity index (χ0v) is 19.7. The zero-order valence-electron chi connectivity index (χ0n) is 18.1. The van der Waals surface area contributed by atoms with E-state index in [1.54, 1.807) is 23.1 Å². The molecule has 1 saturated carbocycles. The van der Waals surface area contributed by atoms with Gasteiger partial charge < -0.3 is 9.80 Å². The molecule has 0 spiro atoms. The third kappa shape index (κ3) is 4.78. The monoisotopic (exact) mass is 465 g/mol. The Morgan fingerprint density at radius 2 is 1.77 bits per heavy atom. The van der Waals surface area contributed by atoms with Crippen molar-refractivity contribution in [3.8, 4) is 0 Å². The number of anilines is 1. The van der Waals surface area contributed by atoms with Crippen LogP contribution in [0.1, 0.15) is 51.4 Å². The maximum Gasteiger partial charge on any atom is 0.243 e. The first kappa shape index (κ1) is 22.6. The molecule has 31 heavy (non-hydrogen) atoms. The van der Waals surface area contributed by atoms with E-state index in [2.05, 4.69) is 0 Å². The fourth-order valence-corrected chi connectivity index (χ4v) is 7.14. The standard InChI is InChI=1S/C22H31N3O4S2/c1-23(17-8-4-2-5-9-17)21(26)15-25-19-14-18(10-11-20(19)30-16-22(25)27)31(28,29)24-12-6-3-7-13-24/h10-11,14,17H,2-9,12-13,15-16H2,1H3. The van der Waals surface area contributed by atoms with Crippen LogP contribution in [0, 0.1) is 0 Å². The minimum atomic E-state index is -3.61. The van der Waals surface area contributed by atoms with E-state index in [0.717, 1.165) is 49.8 Å². The van der Waals surface area contributed by atoms with Crippen molar-refractivity contribution in [2.24, 2.45) is 0 Å². The number of carbonyl (C=O) groups excluding carboxylic acids is 2. The number of fused-ring (bicyclic) bond motifs is 1. The van der Waals surface area contributed by atoms with Crippen molar-refractivity contribution in [1.82, 2.24) is 9.21 Å². The van der Waals surface area contributed by atoms with E-state index in [4.69, 9.17) is 0 Å². The van der Waals surface area contributed by atoms with Gasteiger partial charge in [-0.2, -0.15) is 4.31 Å². The summed E-state index contributed by atoms with van der Waals surface area (Å²) in [5, 5.41) is 0. The molecule has 1 aromatic carbocycles. The summed E-state index contributed by atoms with van der Waals surface area (Å²) >= 11 is 1.39. The van der Waals surface area contributed by atoms with Crippen LogP contribution in [0.25, 0.3) is 0 Å². The average Bonchev–Trinajstić information content (AvgIpc) is 2.81. The van der Waals surface area contributed by atoms with Crippen molar-refractivity contribution in [3.05, 3.63) is 18.2 Å². The lowest BCUT2D eigenvalue weighted by molar-refractivity contribution is -0.132. The Morgan fingerprint density at radius 1 is 1.10 bits per heavy atom. The highest BCUT2D eigenvalue weighted by Gasteiger charge is 2.32. The van der Waals surface area contributed by atoms with Gasteiger partial charge in [-0.15, -0.1) is 11.8 Å². The molecule has 9 heteroatoms. The van der Waals surface area contributed by atoms with E-state index in [-0.39, 0.29) is 35.0 Å². The van der Waals surface area contributed by atoms with Crippen molar-refractivity contribution < 1.29 is 18.0 Å². The van der Waals surface area contributed by atoms with Gasteiger partial charge in [-0.3, -0.25) is 9.59 Å². The van der Waals surface area contributed by atoms with Crippen LogP contribution in [-0.2, 0) is 19.6 Å². The lowest BCUT2D eigenvalue weighted by atomic mass is 9.94. The number of rotatable bonds is 5.